The largest absolute Gasteiger partial charge is 0.306 e. The molecule has 6 nitrogen and oxygen atoms in total. The monoisotopic (exact) mass is 176 g/mol. The van der Waals surface area contributed by atoms with Crippen molar-refractivity contribution in [3.8, 4) is 6.07 Å². The topological polar surface area (TPSA) is 105 Å². The van der Waals surface area contributed by atoms with E-state index >= 15 is 0 Å². The minimum absolute atomic E-state index is 0.0717. The lowest BCUT2D eigenvalue weighted by molar-refractivity contribution is 1.06. The summed E-state index contributed by atoms with van der Waals surface area (Å²) in [7, 11) is 0. The Labute approximate surface area is 70.8 Å². The van der Waals surface area contributed by atoms with Crippen LogP contribution in [0.5, 0.6) is 0 Å². The summed E-state index contributed by atoms with van der Waals surface area (Å²) in [5.41, 5.74) is -0.639. The van der Waals surface area contributed by atoms with Gasteiger partial charge in [-0.15, -0.1) is 0 Å². The first kappa shape index (κ1) is 7.36. The molecule has 13 heavy (non-hydrogen) atoms. The second kappa shape index (κ2) is 2.35. The number of nitriles is 1. The summed E-state index contributed by atoms with van der Waals surface area (Å²) in [6.07, 6.45) is 0. The van der Waals surface area contributed by atoms with Crippen LogP contribution in [-0.2, 0) is 0 Å². The average molecular weight is 176 g/mol. The normalized spacial score (nSPS) is 10.1. The minimum Gasteiger partial charge on any atom is -0.306 e. The van der Waals surface area contributed by atoms with Crippen LogP contribution in [0, 0.1) is 11.3 Å². The van der Waals surface area contributed by atoms with E-state index in [-0.39, 0.29) is 16.5 Å². The molecule has 0 fully saturated rings. The Morgan fingerprint density at radius 1 is 1.23 bits per heavy atom. The smallest absolute Gasteiger partial charge is 0.273 e. The molecule has 0 aliphatic carbocycles. The standard InChI is InChI=1S/C7H4N4O2/c8-2-3-1-4-5(9-6(3)12)10-11-7(4)13/h1H,(H3,9,10,11,12,13). The van der Waals surface area contributed by atoms with Crippen molar-refractivity contribution >= 4 is 11.0 Å². The number of H-pyrrole nitrogens is 3. The highest BCUT2D eigenvalue weighted by atomic mass is 16.1. The van der Waals surface area contributed by atoms with Crippen molar-refractivity contribution in [2.24, 2.45) is 0 Å². The van der Waals surface area contributed by atoms with E-state index in [1.54, 1.807) is 6.07 Å². The molecule has 0 aromatic carbocycles. The number of aromatic nitrogens is 3. The van der Waals surface area contributed by atoms with Crippen LogP contribution in [0.4, 0.5) is 0 Å². The van der Waals surface area contributed by atoms with Crippen molar-refractivity contribution < 1.29 is 0 Å². The lowest BCUT2D eigenvalue weighted by Gasteiger charge is -1.87. The summed E-state index contributed by atoms with van der Waals surface area (Å²) in [5.74, 6) is 0. The molecule has 2 heterocycles. The van der Waals surface area contributed by atoms with Crippen LogP contribution < -0.4 is 11.1 Å². The van der Waals surface area contributed by atoms with Gasteiger partial charge in [0.2, 0.25) is 0 Å². The fourth-order valence-corrected chi connectivity index (χ4v) is 1.08. The van der Waals surface area contributed by atoms with Gasteiger partial charge in [0.15, 0.2) is 0 Å². The predicted molar refractivity (Wildman–Crippen MR) is 44.3 cm³/mol. The predicted octanol–water partition coefficient (Wildman–Crippen LogP) is -0.584. The van der Waals surface area contributed by atoms with Gasteiger partial charge in [-0.2, -0.15) is 5.26 Å². The van der Waals surface area contributed by atoms with Gasteiger partial charge in [-0.25, -0.2) is 0 Å². The first-order chi connectivity index (χ1) is 6.22. The van der Waals surface area contributed by atoms with Crippen LogP contribution in [0.1, 0.15) is 5.56 Å². The van der Waals surface area contributed by atoms with E-state index < -0.39 is 5.56 Å². The summed E-state index contributed by atoms with van der Waals surface area (Å²) >= 11 is 0. The molecule has 0 bridgehead atoms. The van der Waals surface area contributed by atoms with E-state index in [1.807, 2.05) is 0 Å². The van der Waals surface area contributed by atoms with Crippen LogP contribution in [-0.4, -0.2) is 15.2 Å². The molecule has 0 atom stereocenters. The van der Waals surface area contributed by atoms with Crippen LogP contribution in [0.15, 0.2) is 15.7 Å². The van der Waals surface area contributed by atoms with Crippen molar-refractivity contribution in [3.63, 3.8) is 0 Å². The maximum absolute atomic E-state index is 11.1. The third kappa shape index (κ3) is 0.945. The van der Waals surface area contributed by atoms with Gasteiger partial charge in [0.1, 0.15) is 17.3 Å². The first-order valence-corrected chi connectivity index (χ1v) is 3.46. The van der Waals surface area contributed by atoms with Crippen molar-refractivity contribution in [1.82, 2.24) is 15.2 Å². The molecule has 0 aliphatic heterocycles. The molecule has 0 amide bonds. The Morgan fingerprint density at radius 2 is 2.00 bits per heavy atom. The molecule has 64 valence electrons. The molecule has 3 N–H and O–H groups in total. The molecule has 0 saturated carbocycles. The molecule has 0 spiro atoms. The Balaban J connectivity index is 3.03. The third-order valence-electron chi connectivity index (χ3n) is 1.71. The van der Waals surface area contributed by atoms with Gasteiger partial charge in [0.05, 0.1) is 5.39 Å². The van der Waals surface area contributed by atoms with Gasteiger partial charge >= 0.3 is 0 Å². The van der Waals surface area contributed by atoms with E-state index in [9.17, 15) is 9.59 Å². The third-order valence-corrected chi connectivity index (χ3v) is 1.71. The molecule has 0 unspecified atom stereocenters. The summed E-state index contributed by atoms with van der Waals surface area (Å²) in [6, 6.07) is 2.95. The van der Waals surface area contributed by atoms with Crippen LogP contribution in [0.2, 0.25) is 0 Å². The van der Waals surface area contributed by atoms with Gasteiger partial charge in [-0.1, -0.05) is 0 Å². The molecule has 2 rings (SSSR count). The lowest BCUT2D eigenvalue weighted by Crippen LogP contribution is -2.10. The van der Waals surface area contributed by atoms with Crippen LogP contribution in [0.3, 0.4) is 0 Å². The number of hydrogen-bond acceptors (Lipinski definition) is 3. The van der Waals surface area contributed by atoms with Gasteiger partial charge in [-0.05, 0) is 6.07 Å². The first-order valence-electron chi connectivity index (χ1n) is 3.46. The maximum Gasteiger partial charge on any atom is 0.273 e. The molecular weight excluding hydrogens is 172 g/mol. The summed E-state index contributed by atoms with van der Waals surface area (Å²) in [5, 5.41) is 13.6. The number of fused-ring (bicyclic) bond motifs is 1. The lowest BCUT2D eigenvalue weighted by atomic mass is 10.2. The molecular formula is C7H4N4O2. The summed E-state index contributed by atoms with van der Waals surface area (Å²) < 4.78 is 0. The molecule has 2 aromatic heterocycles. The van der Waals surface area contributed by atoms with Crippen LogP contribution in [0.25, 0.3) is 11.0 Å². The van der Waals surface area contributed by atoms with E-state index in [0.717, 1.165) is 0 Å². The maximum atomic E-state index is 11.1. The molecule has 0 radical (unpaired) electrons. The molecule has 0 aliphatic rings. The molecule has 6 heteroatoms. The SMILES string of the molecule is N#Cc1cc2c(=O)[nH][nH]c2[nH]c1=O. The second-order valence-corrected chi connectivity index (χ2v) is 2.49. The van der Waals surface area contributed by atoms with Crippen molar-refractivity contribution in [2.75, 3.05) is 0 Å². The molecule has 2 aromatic rings. The number of nitrogens with one attached hydrogen (secondary N) is 3. The van der Waals surface area contributed by atoms with E-state index in [0.29, 0.717) is 5.65 Å². The highest BCUT2D eigenvalue weighted by Gasteiger charge is 2.05. The number of rotatable bonds is 0. The number of aromatic amines is 3. The van der Waals surface area contributed by atoms with Crippen molar-refractivity contribution in [1.29, 1.82) is 5.26 Å². The number of hydrogen-bond donors (Lipinski definition) is 3. The zero-order chi connectivity index (χ0) is 9.42. The van der Waals surface area contributed by atoms with E-state index in [4.69, 9.17) is 5.26 Å². The average Bonchev–Trinajstić information content (AvgIpc) is 2.46. The Hall–Kier alpha value is -2.29. The summed E-state index contributed by atoms with van der Waals surface area (Å²) in [4.78, 5) is 24.5. The zero-order valence-corrected chi connectivity index (χ0v) is 6.34. The highest BCUT2D eigenvalue weighted by molar-refractivity contribution is 5.74. The van der Waals surface area contributed by atoms with Crippen molar-refractivity contribution in [2.45, 2.75) is 0 Å². The van der Waals surface area contributed by atoms with Crippen LogP contribution >= 0.6 is 0 Å². The number of nitrogens with zero attached hydrogens (tertiary/aromatic N) is 1. The minimum atomic E-state index is -0.509. The fraction of sp³-hybridized carbons (Fsp3) is 0. The zero-order valence-electron chi connectivity index (χ0n) is 6.34. The second-order valence-electron chi connectivity index (χ2n) is 2.49. The van der Waals surface area contributed by atoms with Gasteiger partial charge in [0, 0.05) is 0 Å². The van der Waals surface area contributed by atoms with Gasteiger partial charge in [-0.3, -0.25) is 19.8 Å². The Kier molecular flexibility index (Phi) is 1.33. The number of pyridine rings is 1. The fourth-order valence-electron chi connectivity index (χ4n) is 1.08. The van der Waals surface area contributed by atoms with Crippen molar-refractivity contribution in [3.05, 3.63) is 32.3 Å². The highest BCUT2D eigenvalue weighted by Crippen LogP contribution is 2.00. The van der Waals surface area contributed by atoms with E-state index in [1.165, 1.54) is 6.07 Å². The Morgan fingerprint density at radius 3 is 2.69 bits per heavy atom. The van der Waals surface area contributed by atoms with Gasteiger partial charge < -0.3 is 4.98 Å². The molecule has 0 saturated heterocycles. The Bertz CT molecular complexity index is 610. The van der Waals surface area contributed by atoms with E-state index in [2.05, 4.69) is 15.2 Å². The van der Waals surface area contributed by atoms with Gasteiger partial charge in [0.25, 0.3) is 11.1 Å². The summed E-state index contributed by atoms with van der Waals surface area (Å²) in [6.45, 7) is 0. The quantitative estimate of drug-likeness (QED) is 0.499.